The average Bonchev–Trinajstić information content (AvgIpc) is 3.50. The van der Waals surface area contributed by atoms with Crippen LogP contribution >= 0.6 is 0 Å². The number of carboxylic acid groups (broad SMARTS) is 1. The van der Waals surface area contributed by atoms with Crippen molar-refractivity contribution in [2.45, 2.75) is 133 Å². The summed E-state index contributed by atoms with van der Waals surface area (Å²) in [4.78, 5) is 27.2. The molecule has 0 bridgehead atoms. The van der Waals surface area contributed by atoms with Crippen LogP contribution in [0.3, 0.4) is 0 Å². The van der Waals surface area contributed by atoms with E-state index in [1.165, 1.54) is 24.8 Å². The number of carboxylic acids is 1. The zero-order valence-corrected chi connectivity index (χ0v) is 30.8. The van der Waals surface area contributed by atoms with Crippen LogP contribution in [0.15, 0.2) is 24.3 Å². The Bertz CT molecular complexity index is 1430. The Kier molecular flexibility index (Phi) is 8.17. The number of amides is 2. The number of aromatic carboxylic acids is 1. The molecular formula is C40H63N5O3. The van der Waals surface area contributed by atoms with Crippen molar-refractivity contribution in [2.75, 3.05) is 27.2 Å². The molecule has 8 nitrogen and oxygen atoms in total. The fraction of sp³-hybridized carbons (Fsp3) is 0.800. The van der Waals surface area contributed by atoms with Gasteiger partial charge in [0, 0.05) is 34.6 Å². The van der Waals surface area contributed by atoms with Gasteiger partial charge >= 0.3 is 12.0 Å². The molecule has 48 heavy (non-hydrogen) atoms. The lowest BCUT2D eigenvalue weighted by Gasteiger charge is -2.71. The molecule has 6 fully saturated rings. The van der Waals surface area contributed by atoms with E-state index >= 15 is 0 Å². The van der Waals surface area contributed by atoms with Gasteiger partial charge in [0.05, 0.1) is 5.56 Å². The van der Waals surface area contributed by atoms with Crippen LogP contribution in [-0.4, -0.2) is 71.3 Å². The first-order chi connectivity index (χ1) is 22.6. The molecule has 5 saturated carbocycles. The fourth-order valence-corrected chi connectivity index (χ4v) is 13.8. The van der Waals surface area contributed by atoms with Gasteiger partial charge in [-0.05, 0) is 156 Å². The first-order valence-corrected chi connectivity index (χ1v) is 19.2. The van der Waals surface area contributed by atoms with Gasteiger partial charge in [0.1, 0.15) is 0 Å². The number of rotatable bonds is 8. The van der Waals surface area contributed by atoms with E-state index < -0.39 is 5.97 Å². The number of hydrogen-bond acceptors (Lipinski definition) is 5. The zero-order valence-electron chi connectivity index (χ0n) is 30.8. The molecule has 6 aliphatic rings. The van der Waals surface area contributed by atoms with E-state index in [0.29, 0.717) is 47.6 Å². The third-order valence-corrected chi connectivity index (χ3v) is 16.3. The fourth-order valence-electron chi connectivity index (χ4n) is 13.8. The second kappa shape index (κ2) is 11.4. The van der Waals surface area contributed by atoms with Gasteiger partial charge in [0.2, 0.25) is 0 Å². The number of carbonyl (C=O) groups excluding carboxylic acids is 1. The first-order valence-electron chi connectivity index (χ1n) is 19.2. The van der Waals surface area contributed by atoms with Gasteiger partial charge in [0.25, 0.3) is 0 Å². The Hall–Kier alpha value is -2.16. The highest BCUT2D eigenvalue weighted by Crippen LogP contribution is 2.78. The summed E-state index contributed by atoms with van der Waals surface area (Å²) in [5, 5.41) is 20.5. The van der Waals surface area contributed by atoms with Crippen molar-refractivity contribution in [2.24, 2.45) is 46.2 Å². The van der Waals surface area contributed by atoms with Crippen molar-refractivity contribution < 1.29 is 14.7 Å². The molecule has 11 atom stereocenters. The van der Waals surface area contributed by atoms with E-state index in [9.17, 15) is 14.7 Å². The average molecular weight is 662 g/mol. The maximum atomic E-state index is 13.4. The SMILES string of the molecule is CC(C)[C@@H]1CC[C@]2(NC(=O)NCCCN(C)C)CC[C@]3(N)[C@H](CC[C@H]4[C@@]3(C)CC[C@@]35NC3(C)[C@H](c3ccc(C(=O)O)cc3)CC[C@]45C)[C@@H]12. The van der Waals surface area contributed by atoms with E-state index in [2.05, 4.69) is 81.7 Å². The molecular weight excluding hydrogens is 598 g/mol. The lowest BCUT2D eigenvalue weighted by molar-refractivity contribution is -0.178. The van der Waals surface area contributed by atoms with Gasteiger partial charge in [-0.1, -0.05) is 39.8 Å². The summed E-state index contributed by atoms with van der Waals surface area (Å²) in [6.45, 7) is 14.1. The monoisotopic (exact) mass is 661 g/mol. The minimum atomic E-state index is -0.866. The van der Waals surface area contributed by atoms with Crippen molar-refractivity contribution in [1.29, 1.82) is 0 Å². The summed E-state index contributed by atoms with van der Waals surface area (Å²) in [5.41, 5.74) is 9.51. The molecule has 1 aliphatic heterocycles. The second-order valence-electron chi connectivity index (χ2n) is 18.5. The quantitative estimate of drug-likeness (QED) is 0.163. The third-order valence-electron chi connectivity index (χ3n) is 16.3. The van der Waals surface area contributed by atoms with Crippen molar-refractivity contribution >= 4 is 12.0 Å². The molecule has 2 amide bonds. The highest BCUT2D eigenvalue weighted by molar-refractivity contribution is 5.87. The summed E-state index contributed by atoms with van der Waals surface area (Å²) in [5.74, 6) is 2.03. The molecule has 1 saturated heterocycles. The highest BCUT2D eigenvalue weighted by Gasteiger charge is 2.82. The number of urea groups is 1. The molecule has 0 radical (unpaired) electrons. The third kappa shape index (κ3) is 4.63. The van der Waals surface area contributed by atoms with Gasteiger partial charge < -0.3 is 31.7 Å². The van der Waals surface area contributed by atoms with Gasteiger partial charge in [-0.25, -0.2) is 9.59 Å². The van der Waals surface area contributed by atoms with Crippen LogP contribution in [0.2, 0.25) is 0 Å². The van der Waals surface area contributed by atoms with E-state index in [0.717, 1.165) is 57.9 Å². The predicted molar refractivity (Wildman–Crippen MR) is 191 cm³/mol. The molecule has 1 heterocycles. The first kappa shape index (κ1) is 34.3. The van der Waals surface area contributed by atoms with Crippen molar-refractivity contribution in [3.63, 3.8) is 0 Å². The number of benzene rings is 1. The Morgan fingerprint density at radius 3 is 2.35 bits per heavy atom. The summed E-state index contributed by atoms with van der Waals surface area (Å²) in [6.07, 6.45) is 12.1. The van der Waals surface area contributed by atoms with Gasteiger partial charge in [-0.15, -0.1) is 0 Å². The van der Waals surface area contributed by atoms with Gasteiger partial charge in [-0.2, -0.15) is 0 Å². The van der Waals surface area contributed by atoms with E-state index in [4.69, 9.17) is 5.73 Å². The lowest BCUT2D eigenvalue weighted by atomic mass is 9.35. The molecule has 7 rings (SSSR count). The van der Waals surface area contributed by atoms with E-state index in [-0.39, 0.29) is 39.0 Å². The molecule has 1 aromatic carbocycles. The summed E-state index contributed by atoms with van der Waals surface area (Å²) in [7, 11) is 4.15. The van der Waals surface area contributed by atoms with Crippen LogP contribution in [0.1, 0.15) is 127 Å². The molecule has 8 heteroatoms. The topological polar surface area (TPSA) is 130 Å². The number of nitrogens with one attached hydrogen (secondary N) is 3. The van der Waals surface area contributed by atoms with Crippen molar-refractivity contribution in [3.05, 3.63) is 35.4 Å². The number of hydrogen-bond donors (Lipinski definition) is 5. The maximum absolute atomic E-state index is 13.4. The summed E-state index contributed by atoms with van der Waals surface area (Å²) < 4.78 is 0. The molecule has 0 aromatic heterocycles. The Balaban J connectivity index is 1.14. The van der Waals surface area contributed by atoms with Crippen molar-refractivity contribution in [1.82, 2.24) is 20.9 Å². The van der Waals surface area contributed by atoms with Crippen LogP contribution in [0.25, 0.3) is 0 Å². The predicted octanol–water partition coefficient (Wildman–Crippen LogP) is 6.36. The standard InChI is InChI=1S/C40H63N5O3/c1-25(2)28-15-18-38(43-34(48)42-23-8-24-45(6)7)20-21-39(41)30(32(28)38)13-14-31-35(39,3)19-22-40-36(31,4)17-16-29(37(40,5)44-40)26-9-11-27(12-10-26)33(46)47/h9-12,25,28-32,44H,8,13-24,41H2,1-7H3,(H,46,47)(H2,42,43,48)/t28-,29-,30+,31-,32+,35+,36+,37?,38-,39-,40-/m0/s1. The molecule has 1 unspecified atom stereocenters. The zero-order chi connectivity index (χ0) is 34.5. The number of nitrogens with zero attached hydrogens (tertiary/aromatic N) is 1. The maximum Gasteiger partial charge on any atom is 0.335 e. The van der Waals surface area contributed by atoms with E-state index in [1.807, 2.05) is 0 Å². The minimum Gasteiger partial charge on any atom is -0.478 e. The van der Waals surface area contributed by atoms with Gasteiger partial charge in [-0.3, -0.25) is 0 Å². The van der Waals surface area contributed by atoms with Gasteiger partial charge in [0.15, 0.2) is 0 Å². The smallest absolute Gasteiger partial charge is 0.335 e. The van der Waals surface area contributed by atoms with E-state index in [1.54, 1.807) is 12.1 Å². The Morgan fingerprint density at radius 1 is 0.958 bits per heavy atom. The highest BCUT2D eigenvalue weighted by atomic mass is 16.4. The molecule has 5 aliphatic carbocycles. The van der Waals surface area contributed by atoms with Crippen molar-refractivity contribution in [3.8, 4) is 0 Å². The lowest BCUT2D eigenvalue weighted by Crippen LogP contribution is -2.76. The summed E-state index contributed by atoms with van der Waals surface area (Å²) >= 11 is 0. The number of nitrogens with two attached hydrogens (primary N) is 1. The largest absolute Gasteiger partial charge is 0.478 e. The number of carbonyl (C=O) groups is 2. The van der Waals surface area contributed by atoms with Crippen LogP contribution in [0.5, 0.6) is 0 Å². The van der Waals surface area contributed by atoms with Crippen LogP contribution in [0.4, 0.5) is 4.79 Å². The normalized spacial score (nSPS) is 45.8. The number of fused-ring (bicyclic) bond motifs is 6. The molecule has 1 aromatic rings. The van der Waals surface area contributed by atoms with Crippen LogP contribution in [0, 0.1) is 40.4 Å². The van der Waals surface area contributed by atoms with Crippen LogP contribution < -0.4 is 21.7 Å². The molecule has 266 valence electrons. The summed E-state index contributed by atoms with van der Waals surface area (Å²) in [6, 6.07) is 7.68. The second-order valence-corrected chi connectivity index (χ2v) is 18.5. The molecule has 6 N–H and O–H groups in total. The Morgan fingerprint density at radius 2 is 1.69 bits per heavy atom. The molecule has 1 spiro atoms. The minimum absolute atomic E-state index is 0.00438. The van der Waals surface area contributed by atoms with Crippen LogP contribution in [-0.2, 0) is 0 Å². The Labute approximate surface area is 289 Å².